The molecular formula is C15H23ClN2S. The van der Waals surface area contributed by atoms with Gasteiger partial charge in [-0.05, 0) is 30.5 Å². The molecule has 0 bridgehead atoms. The Morgan fingerprint density at radius 1 is 1.42 bits per heavy atom. The lowest BCUT2D eigenvalue weighted by Crippen LogP contribution is -2.38. The summed E-state index contributed by atoms with van der Waals surface area (Å²) in [6.07, 6.45) is 3.40. The minimum absolute atomic E-state index is 0.575. The van der Waals surface area contributed by atoms with Crippen molar-refractivity contribution in [3.63, 3.8) is 0 Å². The fourth-order valence-corrected chi connectivity index (χ4v) is 3.77. The molecule has 2 rings (SSSR count). The monoisotopic (exact) mass is 298 g/mol. The van der Waals surface area contributed by atoms with Crippen molar-refractivity contribution in [1.29, 1.82) is 0 Å². The van der Waals surface area contributed by atoms with E-state index in [2.05, 4.69) is 42.6 Å². The van der Waals surface area contributed by atoms with E-state index in [-0.39, 0.29) is 0 Å². The molecule has 19 heavy (non-hydrogen) atoms. The number of hydrogen-bond acceptors (Lipinski definition) is 3. The van der Waals surface area contributed by atoms with Gasteiger partial charge in [0.25, 0.3) is 0 Å². The van der Waals surface area contributed by atoms with Crippen LogP contribution in [0.2, 0.25) is 0 Å². The van der Waals surface area contributed by atoms with Gasteiger partial charge in [0, 0.05) is 35.7 Å². The van der Waals surface area contributed by atoms with Crippen molar-refractivity contribution in [1.82, 2.24) is 4.98 Å². The van der Waals surface area contributed by atoms with Crippen molar-refractivity contribution < 1.29 is 0 Å². The number of anilines is 1. The highest BCUT2D eigenvalue weighted by Crippen LogP contribution is 2.26. The average molecular weight is 299 g/mol. The predicted molar refractivity (Wildman–Crippen MR) is 86.5 cm³/mol. The van der Waals surface area contributed by atoms with Crippen LogP contribution in [-0.4, -0.2) is 29.1 Å². The lowest BCUT2D eigenvalue weighted by molar-refractivity contribution is 0.716. The van der Waals surface area contributed by atoms with Crippen LogP contribution in [0.25, 0.3) is 0 Å². The molecule has 0 saturated carbocycles. The van der Waals surface area contributed by atoms with Crippen molar-refractivity contribution in [2.75, 3.05) is 23.7 Å². The summed E-state index contributed by atoms with van der Waals surface area (Å²) < 4.78 is 0. The Morgan fingerprint density at radius 3 is 2.95 bits per heavy atom. The first-order chi connectivity index (χ1) is 9.26. The van der Waals surface area contributed by atoms with Gasteiger partial charge in [-0.15, -0.1) is 11.6 Å². The zero-order valence-corrected chi connectivity index (χ0v) is 13.4. The van der Waals surface area contributed by atoms with Gasteiger partial charge >= 0.3 is 0 Å². The molecular weight excluding hydrogens is 276 g/mol. The van der Waals surface area contributed by atoms with E-state index in [4.69, 9.17) is 16.6 Å². The van der Waals surface area contributed by atoms with Crippen LogP contribution < -0.4 is 4.90 Å². The van der Waals surface area contributed by atoms with Crippen molar-refractivity contribution in [2.24, 2.45) is 0 Å². The van der Waals surface area contributed by atoms with Gasteiger partial charge in [0.15, 0.2) is 0 Å². The Morgan fingerprint density at radius 2 is 2.26 bits per heavy atom. The molecule has 2 nitrogen and oxygen atoms in total. The summed E-state index contributed by atoms with van der Waals surface area (Å²) in [5, 5.41) is 0.741. The number of aromatic nitrogens is 1. The molecule has 0 amide bonds. The molecule has 1 unspecified atom stereocenters. The largest absolute Gasteiger partial charge is 0.355 e. The number of thioether (sulfide) groups is 1. The molecule has 1 aliphatic rings. The maximum atomic E-state index is 6.02. The minimum Gasteiger partial charge on any atom is -0.355 e. The zero-order valence-electron chi connectivity index (χ0n) is 11.9. The highest BCUT2D eigenvalue weighted by molar-refractivity contribution is 8.00. The number of aryl methyl sites for hydroxylation is 1. The molecule has 4 heteroatoms. The Hall–Kier alpha value is -0.410. The number of pyridine rings is 1. The van der Waals surface area contributed by atoms with Crippen LogP contribution in [0.4, 0.5) is 5.82 Å². The third-order valence-corrected chi connectivity index (χ3v) is 5.18. The fourth-order valence-electron chi connectivity index (χ4n) is 2.43. The van der Waals surface area contributed by atoms with E-state index in [0.29, 0.717) is 5.88 Å². The molecule has 1 fully saturated rings. The van der Waals surface area contributed by atoms with E-state index < -0.39 is 0 Å². The second kappa shape index (κ2) is 7.39. The van der Waals surface area contributed by atoms with Crippen LogP contribution in [-0.2, 0) is 12.3 Å². The fraction of sp³-hybridized carbons (Fsp3) is 0.667. The number of alkyl halides is 1. The molecule has 1 saturated heterocycles. The maximum Gasteiger partial charge on any atom is 0.129 e. The SMILES string of the molecule is CCCc1cc(CCl)cc(N2CCSC(CC)C2)n1. The van der Waals surface area contributed by atoms with Gasteiger partial charge in [0.05, 0.1) is 0 Å². The van der Waals surface area contributed by atoms with E-state index in [0.717, 1.165) is 37.0 Å². The van der Waals surface area contributed by atoms with E-state index in [9.17, 15) is 0 Å². The normalized spacial score (nSPS) is 19.7. The third-order valence-electron chi connectivity index (χ3n) is 3.50. The van der Waals surface area contributed by atoms with Gasteiger partial charge in [0.1, 0.15) is 5.82 Å². The molecule has 106 valence electrons. The molecule has 0 spiro atoms. The second-order valence-corrected chi connectivity index (χ2v) is 6.73. The first-order valence-electron chi connectivity index (χ1n) is 7.19. The maximum absolute atomic E-state index is 6.02. The van der Waals surface area contributed by atoms with E-state index >= 15 is 0 Å². The van der Waals surface area contributed by atoms with E-state index in [1.165, 1.54) is 23.4 Å². The van der Waals surface area contributed by atoms with Crippen LogP contribution in [0.3, 0.4) is 0 Å². The Labute approximate surface area is 125 Å². The average Bonchev–Trinajstić information content (AvgIpc) is 2.47. The third kappa shape index (κ3) is 4.03. The topological polar surface area (TPSA) is 16.1 Å². The van der Waals surface area contributed by atoms with Gasteiger partial charge in [-0.2, -0.15) is 11.8 Å². The second-order valence-electron chi connectivity index (χ2n) is 5.06. The summed E-state index contributed by atoms with van der Waals surface area (Å²) in [4.78, 5) is 7.25. The summed E-state index contributed by atoms with van der Waals surface area (Å²) in [6.45, 7) is 6.68. The van der Waals surface area contributed by atoms with Gasteiger partial charge < -0.3 is 4.90 Å². The summed E-state index contributed by atoms with van der Waals surface area (Å²) >= 11 is 8.11. The highest BCUT2D eigenvalue weighted by Gasteiger charge is 2.20. The molecule has 0 radical (unpaired) electrons. The summed E-state index contributed by atoms with van der Waals surface area (Å²) in [5.41, 5.74) is 2.38. The molecule has 1 aromatic rings. The summed E-state index contributed by atoms with van der Waals surface area (Å²) in [6, 6.07) is 4.31. The molecule has 1 atom stereocenters. The highest BCUT2D eigenvalue weighted by atomic mass is 35.5. The van der Waals surface area contributed by atoms with Gasteiger partial charge in [-0.3, -0.25) is 0 Å². The predicted octanol–water partition coefficient (Wildman–Crippen LogP) is 4.10. The lowest BCUT2D eigenvalue weighted by Gasteiger charge is -2.33. The van der Waals surface area contributed by atoms with Crippen LogP contribution in [0.1, 0.15) is 37.9 Å². The number of hydrogen-bond donors (Lipinski definition) is 0. The Kier molecular flexibility index (Phi) is 5.83. The smallest absolute Gasteiger partial charge is 0.129 e. The van der Waals surface area contributed by atoms with E-state index in [1.54, 1.807) is 0 Å². The minimum atomic E-state index is 0.575. The quantitative estimate of drug-likeness (QED) is 0.761. The van der Waals surface area contributed by atoms with Crippen molar-refractivity contribution >= 4 is 29.2 Å². The summed E-state index contributed by atoms with van der Waals surface area (Å²) in [7, 11) is 0. The Balaban J connectivity index is 2.19. The van der Waals surface area contributed by atoms with Crippen molar-refractivity contribution in [3.05, 3.63) is 23.4 Å². The van der Waals surface area contributed by atoms with Crippen LogP contribution >= 0.6 is 23.4 Å². The number of rotatable bonds is 5. The van der Waals surface area contributed by atoms with Crippen LogP contribution in [0.5, 0.6) is 0 Å². The van der Waals surface area contributed by atoms with E-state index in [1.807, 2.05) is 0 Å². The van der Waals surface area contributed by atoms with Gasteiger partial charge in [-0.25, -0.2) is 4.98 Å². The van der Waals surface area contributed by atoms with Crippen molar-refractivity contribution in [3.8, 4) is 0 Å². The number of halogens is 1. The number of nitrogens with zero attached hydrogens (tertiary/aromatic N) is 2. The molecule has 0 N–H and O–H groups in total. The van der Waals surface area contributed by atoms with Crippen LogP contribution in [0, 0.1) is 0 Å². The summed E-state index contributed by atoms with van der Waals surface area (Å²) in [5.74, 6) is 2.90. The Bertz CT molecular complexity index is 411. The van der Waals surface area contributed by atoms with Crippen molar-refractivity contribution in [2.45, 2.75) is 44.2 Å². The van der Waals surface area contributed by atoms with Gasteiger partial charge in [0.2, 0.25) is 0 Å². The molecule has 0 aromatic carbocycles. The lowest BCUT2D eigenvalue weighted by atomic mass is 10.1. The van der Waals surface area contributed by atoms with Crippen LogP contribution in [0.15, 0.2) is 12.1 Å². The molecule has 2 heterocycles. The molecule has 1 aliphatic heterocycles. The molecule has 0 aliphatic carbocycles. The molecule has 1 aromatic heterocycles. The zero-order chi connectivity index (χ0) is 13.7. The first kappa shape index (κ1) is 15.0. The van der Waals surface area contributed by atoms with Gasteiger partial charge in [-0.1, -0.05) is 20.3 Å². The standard InChI is InChI=1S/C15H23ClN2S/c1-3-5-13-8-12(10-16)9-15(17-13)18-6-7-19-14(4-2)11-18/h8-9,14H,3-7,10-11H2,1-2H3. The first-order valence-corrected chi connectivity index (χ1v) is 8.77.